The summed E-state index contributed by atoms with van der Waals surface area (Å²) in [6, 6.07) is 7.45. The lowest BCUT2D eigenvalue weighted by atomic mass is 10.3. The van der Waals surface area contributed by atoms with Crippen LogP contribution in [0.3, 0.4) is 0 Å². The van der Waals surface area contributed by atoms with Crippen molar-refractivity contribution in [3.8, 4) is 5.75 Å². The number of anilines is 1. The van der Waals surface area contributed by atoms with Gasteiger partial charge in [-0.3, -0.25) is 0 Å². The molecule has 1 aromatic carbocycles. The molecule has 0 saturated heterocycles. The highest BCUT2D eigenvalue weighted by atomic mass is 32.1. The molecule has 1 aromatic rings. The maximum absolute atomic E-state index is 5.48. The fourth-order valence-electron chi connectivity index (χ4n) is 1.17. The van der Waals surface area contributed by atoms with Crippen LogP contribution in [0.25, 0.3) is 0 Å². The van der Waals surface area contributed by atoms with Crippen molar-refractivity contribution in [1.82, 2.24) is 0 Å². The number of nitrogens with one attached hydrogen (secondary N) is 1. The number of rotatable bonds is 6. The molecule has 0 aliphatic heterocycles. The van der Waals surface area contributed by atoms with E-state index in [-0.39, 0.29) is 5.11 Å². The molecule has 3 N–H and O–H groups in total. The van der Waals surface area contributed by atoms with Crippen LogP contribution in [0.15, 0.2) is 24.3 Å². The number of hydrogen-bond acceptors (Lipinski definition) is 3. The number of hydrogen-bond donors (Lipinski definition) is 2. The fraction of sp³-hybridized carbons (Fsp3) is 0.364. The number of thiocarbonyl (C=S) groups is 1. The van der Waals surface area contributed by atoms with E-state index in [1.54, 1.807) is 0 Å². The average molecular weight is 240 g/mol. The second-order valence-electron chi connectivity index (χ2n) is 3.06. The SMILES string of the molecule is CCOCCOc1cccc(NC(N)=S)c1. The Bertz CT molecular complexity index is 345. The minimum absolute atomic E-state index is 0.242. The van der Waals surface area contributed by atoms with Gasteiger partial charge in [0.15, 0.2) is 5.11 Å². The quantitative estimate of drug-likeness (QED) is 0.586. The largest absolute Gasteiger partial charge is 0.491 e. The molecule has 16 heavy (non-hydrogen) atoms. The van der Waals surface area contributed by atoms with Gasteiger partial charge in [0.2, 0.25) is 0 Å². The second-order valence-corrected chi connectivity index (χ2v) is 3.50. The van der Waals surface area contributed by atoms with Crippen LogP contribution in [0, 0.1) is 0 Å². The molecule has 0 amide bonds. The predicted molar refractivity (Wildman–Crippen MR) is 68.8 cm³/mol. The summed E-state index contributed by atoms with van der Waals surface area (Å²) in [5, 5.41) is 3.09. The molecular weight excluding hydrogens is 224 g/mol. The minimum atomic E-state index is 0.242. The van der Waals surface area contributed by atoms with Crippen molar-refractivity contribution in [2.24, 2.45) is 5.73 Å². The Balaban J connectivity index is 2.44. The first-order valence-corrected chi connectivity index (χ1v) is 5.50. The van der Waals surface area contributed by atoms with E-state index in [1.807, 2.05) is 31.2 Å². The Morgan fingerprint density at radius 2 is 2.25 bits per heavy atom. The Hall–Kier alpha value is -1.33. The number of benzene rings is 1. The normalized spacial score (nSPS) is 9.81. The number of ether oxygens (including phenoxy) is 2. The molecule has 0 aliphatic rings. The lowest BCUT2D eigenvalue weighted by Gasteiger charge is -2.08. The molecule has 88 valence electrons. The summed E-state index contributed by atoms with van der Waals surface area (Å²) in [5.74, 6) is 0.765. The van der Waals surface area contributed by atoms with Crippen LogP contribution in [0.2, 0.25) is 0 Å². The second kappa shape index (κ2) is 7.03. The first-order chi connectivity index (χ1) is 7.72. The molecule has 0 heterocycles. The van der Waals surface area contributed by atoms with Crippen molar-refractivity contribution in [2.45, 2.75) is 6.92 Å². The van der Waals surface area contributed by atoms with Gasteiger partial charge < -0.3 is 20.5 Å². The third-order valence-electron chi connectivity index (χ3n) is 1.80. The molecule has 0 radical (unpaired) electrons. The van der Waals surface area contributed by atoms with Crippen molar-refractivity contribution in [2.75, 3.05) is 25.1 Å². The van der Waals surface area contributed by atoms with Crippen molar-refractivity contribution >= 4 is 23.0 Å². The summed E-state index contributed by atoms with van der Waals surface area (Å²) in [5.41, 5.74) is 6.19. The van der Waals surface area contributed by atoms with Crippen LogP contribution < -0.4 is 15.8 Å². The smallest absolute Gasteiger partial charge is 0.168 e. The van der Waals surface area contributed by atoms with E-state index in [4.69, 9.17) is 27.4 Å². The van der Waals surface area contributed by atoms with Crippen molar-refractivity contribution in [3.63, 3.8) is 0 Å². The van der Waals surface area contributed by atoms with E-state index in [1.165, 1.54) is 0 Å². The Morgan fingerprint density at radius 3 is 2.94 bits per heavy atom. The average Bonchev–Trinajstić information content (AvgIpc) is 2.24. The molecule has 0 atom stereocenters. The molecule has 0 bridgehead atoms. The molecular formula is C11H16N2O2S. The third-order valence-corrected chi connectivity index (χ3v) is 1.90. The van der Waals surface area contributed by atoms with Gasteiger partial charge in [-0.05, 0) is 31.3 Å². The highest BCUT2D eigenvalue weighted by molar-refractivity contribution is 7.80. The number of nitrogens with two attached hydrogens (primary N) is 1. The molecule has 0 unspecified atom stereocenters. The van der Waals surface area contributed by atoms with Crippen LogP contribution in [0.4, 0.5) is 5.69 Å². The van der Waals surface area contributed by atoms with Crippen LogP contribution in [-0.2, 0) is 4.74 Å². The molecule has 0 saturated carbocycles. The molecule has 1 rings (SSSR count). The van der Waals surface area contributed by atoms with Crippen LogP contribution in [0.1, 0.15) is 6.92 Å². The van der Waals surface area contributed by atoms with Crippen molar-refractivity contribution < 1.29 is 9.47 Å². The van der Waals surface area contributed by atoms with Gasteiger partial charge in [0, 0.05) is 18.4 Å². The summed E-state index contributed by atoms with van der Waals surface area (Å²) in [4.78, 5) is 0. The molecule has 0 aliphatic carbocycles. The Kier molecular flexibility index (Phi) is 5.60. The van der Waals surface area contributed by atoms with E-state index in [0.717, 1.165) is 11.4 Å². The van der Waals surface area contributed by atoms with Gasteiger partial charge in [-0.1, -0.05) is 6.07 Å². The van der Waals surface area contributed by atoms with Gasteiger partial charge in [-0.2, -0.15) is 0 Å². The lowest BCUT2D eigenvalue weighted by molar-refractivity contribution is 0.110. The Morgan fingerprint density at radius 1 is 1.44 bits per heavy atom. The zero-order valence-electron chi connectivity index (χ0n) is 9.23. The highest BCUT2D eigenvalue weighted by Crippen LogP contribution is 2.16. The van der Waals surface area contributed by atoms with E-state index in [2.05, 4.69) is 5.32 Å². The molecule has 0 fully saturated rings. The van der Waals surface area contributed by atoms with E-state index in [9.17, 15) is 0 Å². The van der Waals surface area contributed by atoms with Crippen LogP contribution in [-0.4, -0.2) is 24.9 Å². The summed E-state index contributed by atoms with van der Waals surface area (Å²) >= 11 is 4.75. The van der Waals surface area contributed by atoms with Crippen molar-refractivity contribution in [3.05, 3.63) is 24.3 Å². The minimum Gasteiger partial charge on any atom is -0.491 e. The van der Waals surface area contributed by atoms with Gasteiger partial charge in [0.05, 0.1) is 6.61 Å². The van der Waals surface area contributed by atoms with Gasteiger partial charge in [0.25, 0.3) is 0 Å². The topological polar surface area (TPSA) is 56.5 Å². The zero-order valence-corrected chi connectivity index (χ0v) is 10.0. The maximum Gasteiger partial charge on any atom is 0.168 e. The monoisotopic (exact) mass is 240 g/mol. The van der Waals surface area contributed by atoms with Gasteiger partial charge in [-0.15, -0.1) is 0 Å². The zero-order chi connectivity index (χ0) is 11.8. The Labute approximate surface area is 101 Å². The van der Waals surface area contributed by atoms with E-state index in [0.29, 0.717) is 19.8 Å². The third kappa shape index (κ3) is 4.95. The molecule has 0 aromatic heterocycles. The summed E-state index contributed by atoms with van der Waals surface area (Å²) in [6.45, 7) is 3.77. The van der Waals surface area contributed by atoms with Crippen LogP contribution >= 0.6 is 12.2 Å². The fourth-order valence-corrected chi connectivity index (χ4v) is 1.29. The van der Waals surface area contributed by atoms with Gasteiger partial charge in [-0.25, -0.2) is 0 Å². The van der Waals surface area contributed by atoms with Gasteiger partial charge >= 0.3 is 0 Å². The van der Waals surface area contributed by atoms with E-state index < -0.39 is 0 Å². The highest BCUT2D eigenvalue weighted by Gasteiger charge is 1.97. The molecule has 5 heteroatoms. The standard InChI is InChI=1S/C11H16N2O2S/c1-2-14-6-7-15-10-5-3-4-9(8-10)13-11(12)16/h3-5,8H,2,6-7H2,1H3,(H3,12,13,16). The van der Waals surface area contributed by atoms with E-state index >= 15 is 0 Å². The maximum atomic E-state index is 5.48. The summed E-state index contributed by atoms with van der Waals surface area (Å²) in [7, 11) is 0. The molecule has 4 nitrogen and oxygen atoms in total. The lowest BCUT2D eigenvalue weighted by Crippen LogP contribution is -2.18. The molecule has 0 spiro atoms. The summed E-state index contributed by atoms with van der Waals surface area (Å²) < 4.78 is 10.6. The summed E-state index contributed by atoms with van der Waals surface area (Å²) in [6.07, 6.45) is 0. The first kappa shape index (κ1) is 12.7. The van der Waals surface area contributed by atoms with Crippen LogP contribution in [0.5, 0.6) is 5.75 Å². The first-order valence-electron chi connectivity index (χ1n) is 5.09. The predicted octanol–water partition coefficient (Wildman–Crippen LogP) is 1.76. The van der Waals surface area contributed by atoms with Crippen molar-refractivity contribution in [1.29, 1.82) is 0 Å². The van der Waals surface area contributed by atoms with Gasteiger partial charge in [0.1, 0.15) is 12.4 Å².